The van der Waals surface area contributed by atoms with Gasteiger partial charge in [-0.1, -0.05) is 12.1 Å². The molecular weight excluding hydrogens is 273 g/mol. The molecule has 4 heteroatoms. The molecule has 0 unspecified atom stereocenters. The average Bonchev–Trinajstić information content (AvgIpc) is 2.29. The van der Waals surface area contributed by atoms with Crippen molar-refractivity contribution in [2.75, 3.05) is 0 Å². The first-order chi connectivity index (χ1) is 7.68. The summed E-state index contributed by atoms with van der Waals surface area (Å²) >= 11 is 3.21. The Bertz CT molecular complexity index is 542. The van der Waals surface area contributed by atoms with Crippen molar-refractivity contribution in [2.24, 2.45) is 0 Å². The molecule has 0 spiro atoms. The van der Waals surface area contributed by atoms with Crippen molar-refractivity contribution < 1.29 is 9.18 Å². The van der Waals surface area contributed by atoms with Crippen molar-refractivity contribution in [3.05, 3.63) is 64.1 Å². The molecule has 0 N–H and O–H groups in total. The lowest BCUT2D eigenvalue weighted by atomic mass is 10.0. The van der Waals surface area contributed by atoms with Crippen molar-refractivity contribution in [3.63, 3.8) is 0 Å². The highest BCUT2D eigenvalue weighted by Gasteiger charge is 2.13. The number of hydrogen-bond acceptors (Lipinski definition) is 2. The van der Waals surface area contributed by atoms with Crippen LogP contribution in [0, 0.1) is 5.82 Å². The summed E-state index contributed by atoms with van der Waals surface area (Å²) in [6.45, 7) is 0. The van der Waals surface area contributed by atoms with E-state index in [2.05, 4.69) is 20.9 Å². The first kappa shape index (κ1) is 11.0. The van der Waals surface area contributed by atoms with E-state index in [1.807, 2.05) is 0 Å². The van der Waals surface area contributed by atoms with E-state index < -0.39 is 5.82 Å². The summed E-state index contributed by atoms with van der Waals surface area (Å²) in [7, 11) is 0. The number of carbonyl (C=O) groups excluding carboxylic acids is 1. The summed E-state index contributed by atoms with van der Waals surface area (Å²) in [5.41, 5.74) is 0.418. The molecule has 16 heavy (non-hydrogen) atoms. The van der Waals surface area contributed by atoms with E-state index >= 15 is 0 Å². The van der Waals surface area contributed by atoms with Gasteiger partial charge in [0.25, 0.3) is 0 Å². The van der Waals surface area contributed by atoms with E-state index in [1.165, 1.54) is 18.3 Å². The number of rotatable bonds is 2. The fraction of sp³-hybridized carbons (Fsp3) is 0. The molecule has 2 rings (SSSR count). The first-order valence-corrected chi connectivity index (χ1v) is 5.37. The third-order valence-electron chi connectivity index (χ3n) is 2.09. The van der Waals surface area contributed by atoms with Crippen molar-refractivity contribution in [2.45, 2.75) is 0 Å². The molecule has 0 saturated carbocycles. The van der Waals surface area contributed by atoms with Crippen LogP contribution in [0.15, 0.2) is 47.2 Å². The van der Waals surface area contributed by atoms with Gasteiger partial charge in [-0.15, -0.1) is 0 Å². The molecule has 0 aliphatic rings. The molecule has 1 aromatic heterocycles. The van der Waals surface area contributed by atoms with Crippen molar-refractivity contribution >= 4 is 21.7 Å². The molecule has 0 amide bonds. The molecule has 80 valence electrons. The Balaban J connectivity index is 2.44. The molecule has 0 radical (unpaired) electrons. The Morgan fingerprint density at radius 2 is 2.00 bits per heavy atom. The van der Waals surface area contributed by atoms with Crippen LogP contribution in [0.1, 0.15) is 15.9 Å². The minimum absolute atomic E-state index is 0.0578. The number of pyridine rings is 1. The monoisotopic (exact) mass is 279 g/mol. The number of aromatic nitrogens is 1. The Labute approximate surface area is 100 Å². The van der Waals surface area contributed by atoms with Crippen molar-refractivity contribution in [3.8, 4) is 0 Å². The van der Waals surface area contributed by atoms with Gasteiger partial charge >= 0.3 is 0 Å². The summed E-state index contributed by atoms with van der Waals surface area (Å²) in [4.78, 5) is 15.8. The molecular formula is C12H7BrFNO. The summed E-state index contributed by atoms with van der Waals surface area (Å²) in [5.74, 6) is -0.889. The largest absolute Gasteiger partial charge is 0.288 e. The average molecular weight is 280 g/mol. The van der Waals surface area contributed by atoms with Crippen LogP contribution in [-0.2, 0) is 0 Å². The minimum Gasteiger partial charge on any atom is -0.288 e. The quantitative estimate of drug-likeness (QED) is 0.790. The summed E-state index contributed by atoms with van der Waals surface area (Å²) < 4.78 is 14.1. The Morgan fingerprint density at radius 3 is 2.69 bits per heavy atom. The predicted molar refractivity (Wildman–Crippen MR) is 61.8 cm³/mol. The molecule has 0 saturated heterocycles. The van der Waals surface area contributed by atoms with Crippen molar-refractivity contribution in [1.82, 2.24) is 4.98 Å². The number of carbonyl (C=O) groups is 1. The van der Waals surface area contributed by atoms with Gasteiger partial charge in [-0.05, 0) is 34.1 Å². The molecule has 0 aliphatic heterocycles. The zero-order valence-corrected chi connectivity index (χ0v) is 9.74. The van der Waals surface area contributed by atoms with Crippen LogP contribution in [-0.4, -0.2) is 10.8 Å². The third kappa shape index (κ3) is 2.17. The van der Waals surface area contributed by atoms with E-state index in [0.29, 0.717) is 10.0 Å². The standard InChI is InChI=1S/C12H7BrFNO/c13-9-5-8(6-15-7-9)12(16)10-3-1-2-4-11(10)14/h1-7H. The lowest BCUT2D eigenvalue weighted by Crippen LogP contribution is -2.04. The Morgan fingerprint density at radius 1 is 1.25 bits per heavy atom. The van der Waals surface area contributed by atoms with Gasteiger partial charge in [0, 0.05) is 22.4 Å². The minimum atomic E-state index is -0.521. The topological polar surface area (TPSA) is 30.0 Å². The van der Waals surface area contributed by atoms with Gasteiger partial charge in [-0.3, -0.25) is 9.78 Å². The third-order valence-corrected chi connectivity index (χ3v) is 2.52. The van der Waals surface area contributed by atoms with Gasteiger partial charge in [-0.2, -0.15) is 0 Å². The summed E-state index contributed by atoms with van der Waals surface area (Å²) in [6.07, 6.45) is 2.98. The second-order valence-corrected chi connectivity index (χ2v) is 4.12. The van der Waals surface area contributed by atoms with Gasteiger partial charge in [0.1, 0.15) is 5.82 Å². The molecule has 0 fully saturated rings. The normalized spacial score (nSPS) is 10.1. The van der Waals surface area contributed by atoms with Gasteiger partial charge in [0.2, 0.25) is 0 Å². The molecule has 0 aliphatic carbocycles. The zero-order valence-electron chi connectivity index (χ0n) is 8.15. The van der Waals surface area contributed by atoms with Crippen LogP contribution in [0.3, 0.4) is 0 Å². The fourth-order valence-corrected chi connectivity index (χ4v) is 1.70. The highest BCUT2D eigenvalue weighted by atomic mass is 79.9. The maximum atomic E-state index is 13.4. The van der Waals surface area contributed by atoms with Gasteiger partial charge in [-0.25, -0.2) is 4.39 Å². The molecule has 2 nitrogen and oxygen atoms in total. The molecule has 0 bridgehead atoms. The highest BCUT2D eigenvalue weighted by Crippen LogP contribution is 2.15. The number of benzene rings is 1. The Kier molecular flexibility index (Phi) is 3.10. The fourth-order valence-electron chi connectivity index (χ4n) is 1.34. The van der Waals surface area contributed by atoms with Gasteiger partial charge in [0.15, 0.2) is 5.78 Å². The molecule has 2 aromatic rings. The van der Waals surface area contributed by atoms with Crippen LogP contribution in [0.4, 0.5) is 4.39 Å². The second-order valence-electron chi connectivity index (χ2n) is 3.20. The van der Waals surface area contributed by atoms with Crippen molar-refractivity contribution in [1.29, 1.82) is 0 Å². The smallest absolute Gasteiger partial charge is 0.197 e. The van der Waals surface area contributed by atoms with Gasteiger partial charge < -0.3 is 0 Å². The number of ketones is 1. The summed E-state index contributed by atoms with van der Waals surface area (Å²) in [5, 5.41) is 0. The highest BCUT2D eigenvalue weighted by molar-refractivity contribution is 9.10. The lowest BCUT2D eigenvalue weighted by molar-refractivity contribution is 0.103. The molecule has 1 heterocycles. The van der Waals surface area contributed by atoms with Crippen LogP contribution in [0.25, 0.3) is 0 Å². The lowest BCUT2D eigenvalue weighted by Gasteiger charge is -2.02. The number of hydrogen-bond donors (Lipinski definition) is 0. The van der Waals surface area contributed by atoms with E-state index in [4.69, 9.17) is 0 Å². The zero-order chi connectivity index (χ0) is 11.5. The SMILES string of the molecule is O=C(c1cncc(Br)c1)c1ccccc1F. The van der Waals surface area contributed by atoms with Crippen LogP contribution in [0.2, 0.25) is 0 Å². The maximum Gasteiger partial charge on any atom is 0.197 e. The Hall–Kier alpha value is -1.55. The van der Waals surface area contributed by atoms with Gasteiger partial charge in [0.05, 0.1) is 5.56 Å². The number of halogens is 2. The van der Waals surface area contributed by atoms with E-state index in [1.54, 1.807) is 24.4 Å². The molecule has 1 aromatic carbocycles. The van der Waals surface area contributed by atoms with E-state index in [0.717, 1.165) is 0 Å². The maximum absolute atomic E-state index is 13.4. The van der Waals surface area contributed by atoms with Crippen LogP contribution < -0.4 is 0 Å². The van der Waals surface area contributed by atoms with Crippen LogP contribution >= 0.6 is 15.9 Å². The van der Waals surface area contributed by atoms with E-state index in [9.17, 15) is 9.18 Å². The molecule has 0 atom stereocenters. The summed E-state index contributed by atoms with van der Waals surface area (Å²) in [6, 6.07) is 7.51. The van der Waals surface area contributed by atoms with E-state index in [-0.39, 0.29) is 11.3 Å². The van der Waals surface area contributed by atoms with Crippen LogP contribution in [0.5, 0.6) is 0 Å². The predicted octanol–water partition coefficient (Wildman–Crippen LogP) is 3.21. The first-order valence-electron chi connectivity index (χ1n) is 4.58. The number of nitrogens with zero attached hydrogens (tertiary/aromatic N) is 1. The second kappa shape index (κ2) is 4.53.